The van der Waals surface area contributed by atoms with Gasteiger partial charge in [0.25, 0.3) is 11.8 Å². The molecule has 0 radical (unpaired) electrons. The van der Waals surface area contributed by atoms with E-state index in [9.17, 15) is 9.59 Å². The van der Waals surface area contributed by atoms with Crippen molar-refractivity contribution in [2.75, 3.05) is 13.1 Å². The Hall–Kier alpha value is -2.99. The topological polar surface area (TPSA) is 71.1 Å². The first-order chi connectivity index (χ1) is 13.5. The van der Waals surface area contributed by atoms with Gasteiger partial charge in [0, 0.05) is 24.2 Å². The summed E-state index contributed by atoms with van der Waals surface area (Å²) in [5, 5.41) is 6.50. The lowest BCUT2D eigenvalue weighted by molar-refractivity contribution is 0.0929. The van der Waals surface area contributed by atoms with Crippen LogP contribution >= 0.6 is 11.3 Å². The first-order valence-corrected chi connectivity index (χ1v) is 9.94. The third-order valence-corrected chi connectivity index (χ3v) is 5.54. The summed E-state index contributed by atoms with van der Waals surface area (Å²) in [6.07, 6.45) is 0. The summed E-state index contributed by atoms with van der Waals surface area (Å²) in [7, 11) is 0. The van der Waals surface area contributed by atoms with Gasteiger partial charge >= 0.3 is 0 Å². The van der Waals surface area contributed by atoms with Crippen molar-refractivity contribution >= 4 is 23.2 Å². The maximum Gasteiger partial charge on any atom is 0.263 e. The van der Waals surface area contributed by atoms with Gasteiger partial charge in [0.1, 0.15) is 9.88 Å². The Labute approximate surface area is 168 Å². The predicted octanol–water partition coefficient (Wildman–Crippen LogP) is 3.90. The molecule has 0 aliphatic heterocycles. The molecule has 28 heavy (non-hydrogen) atoms. The molecule has 0 unspecified atom stereocenters. The van der Waals surface area contributed by atoms with Crippen LogP contribution in [-0.4, -0.2) is 29.9 Å². The molecular formula is C22H23N3O2S. The molecule has 2 amide bonds. The fourth-order valence-electron chi connectivity index (χ4n) is 2.90. The quantitative estimate of drug-likeness (QED) is 0.624. The zero-order valence-electron chi connectivity index (χ0n) is 16.2. The van der Waals surface area contributed by atoms with Gasteiger partial charge in [0.15, 0.2) is 0 Å². The summed E-state index contributed by atoms with van der Waals surface area (Å²) in [6, 6.07) is 15.2. The second kappa shape index (κ2) is 8.80. The van der Waals surface area contributed by atoms with Gasteiger partial charge in [-0.2, -0.15) is 0 Å². The van der Waals surface area contributed by atoms with E-state index in [0.29, 0.717) is 29.2 Å². The highest BCUT2D eigenvalue weighted by molar-refractivity contribution is 7.17. The molecule has 0 saturated carbocycles. The van der Waals surface area contributed by atoms with E-state index < -0.39 is 0 Å². The standard InChI is InChI=1S/C22H23N3O2S/c1-14-9-10-18(15(2)13-14)22-25-16(3)19(28-22)21(27)24-12-11-23-20(26)17-7-5-4-6-8-17/h4-10,13H,11-12H2,1-3H3,(H,23,26)(H,24,27). The highest BCUT2D eigenvalue weighted by Crippen LogP contribution is 2.30. The van der Waals surface area contributed by atoms with Crippen LogP contribution in [0.4, 0.5) is 0 Å². The average molecular weight is 394 g/mol. The van der Waals surface area contributed by atoms with E-state index in [1.54, 1.807) is 12.1 Å². The summed E-state index contributed by atoms with van der Waals surface area (Å²) in [6.45, 7) is 6.66. The molecule has 0 fully saturated rings. The fourth-order valence-corrected chi connectivity index (χ4v) is 3.97. The largest absolute Gasteiger partial charge is 0.350 e. The van der Waals surface area contributed by atoms with Gasteiger partial charge < -0.3 is 10.6 Å². The van der Waals surface area contributed by atoms with Crippen LogP contribution in [0.2, 0.25) is 0 Å². The zero-order valence-corrected chi connectivity index (χ0v) is 17.0. The van der Waals surface area contributed by atoms with Crippen molar-refractivity contribution in [3.8, 4) is 10.6 Å². The molecule has 1 aromatic heterocycles. The molecule has 0 atom stereocenters. The maximum atomic E-state index is 12.5. The van der Waals surface area contributed by atoms with Gasteiger partial charge in [0.05, 0.1) is 5.69 Å². The minimum atomic E-state index is -0.167. The molecular weight excluding hydrogens is 370 g/mol. The normalized spacial score (nSPS) is 10.5. The third-order valence-electron chi connectivity index (χ3n) is 4.35. The van der Waals surface area contributed by atoms with Gasteiger partial charge in [-0.15, -0.1) is 11.3 Å². The van der Waals surface area contributed by atoms with E-state index in [1.807, 2.05) is 44.2 Å². The van der Waals surface area contributed by atoms with E-state index in [1.165, 1.54) is 16.9 Å². The summed E-state index contributed by atoms with van der Waals surface area (Å²) >= 11 is 1.39. The predicted molar refractivity (Wildman–Crippen MR) is 113 cm³/mol. The molecule has 2 aromatic carbocycles. The second-order valence-electron chi connectivity index (χ2n) is 6.63. The van der Waals surface area contributed by atoms with Gasteiger partial charge in [-0.25, -0.2) is 4.98 Å². The van der Waals surface area contributed by atoms with Crippen LogP contribution in [0.25, 0.3) is 10.6 Å². The maximum absolute atomic E-state index is 12.5. The third kappa shape index (κ3) is 4.64. The minimum Gasteiger partial charge on any atom is -0.350 e. The SMILES string of the molecule is Cc1ccc(-c2nc(C)c(C(=O)NCCNC(=O)c3ccccc3)s2)c(C)c1. The summed E-state index contributed by atoms with van der Waals surface area (Å²) in [5.41, 5.74) is 4.71. The lowest BCUT2D eigenvalue weighted by Crippen LogP contribution is -2.34. The summed E-state index contributed by atoms with van der Waals surface area (Å²) < 4.78 is 0. The Kier molecular flexibility index (Phi) is 6.21. The number of nitrogens with zero attached hydrogens (tertiary/aromatic N) is 1. The smallest absolute Gasteiger partial charge is 0.263 e. The van der Waals surface area contributed by atoms with Crippen LogP contribution in [0.1, 0.15) is 36.9 Å². The highest BCUT2D eigenvalue weighted by Gasteiger charge is 2.17. The van der Waals surface area contributed by atoms with Crippen molar-refractivity contribution in [2.24, 2.45) is 0 Å². The number of aryl methyl sites for hydroxylation is 3. The van der Waals surface area contributed by atoms with Crippen LogP contribution in [0.5, 0.6) is 0 Å². The van der Waals surface area contributed by atoms with E-state index in [4.69, 9.17) is 0 Å². The fraction of sp³-hybridized carbons (Fsp3) is 0.227. The van der Waals surface area contributed by atoms with Crippen molar-refractivity contribution in [2.45, 2.75) is 20.8 Å². The van der Waals surface area contributed by atoms with Crippen molar-refractivity contribution in [3.05, 3.63) is 75.8 Å². The number of amides is 2. The number of carbonyl (C=O) groups excluding carboxylic acids is 2. The lowest BCUT2D eigenvalue weighted by atomic mass is 10.1. The van der Waals surface area contributed by atoms with E-state index >= 15 is 0 Å². The van der Waals surface area contributed by atoms with Gasteiger partial charge in [-0.3, -0.25) is 9.59 Å². The van der Waals surface area contributed by atoms with Crippen molar-refractivity contribution in [3.63, 3.8) is 0 Å². The lowest BCUT2D eigenvalue weighted by Gasteiger charge is -2.06. The highest BCUT2D eigenvalue weighted by atomic mass is 32.1. The summed E-state index contributed by atoms with van der Waals surface area (Å²) in [5.74, 6) is -0.319. The number of carbonyl (C=O) groups is 2. The molecule has 5 nitrogen and oxygen atoms in total. The first-order valence-electron chi connectivity index (χ1n) is 9.12. The average Bonchev–Trinajstić information content (AvgIpc) is 3.07. The molecule has 0 aliphatic rings. The first kappa shape index (κ1) is 19.8. The number of benzene rings is 2. The molecule has 0 aliphatic carbocycles. The molecule has 2 N–H and O–H groups in total. The molecule has 3 aromatic rings. The number of hydrogen-bond acceptors (Lipinski definition) is 4. The van der Waals surface area contributed by atoms with Crippen molar-refractivity contribution < 1.29 is 9.59 Å². The number of rotatable bonds is 6. The van der Waals surface area contributed by atoms with E-state index in [-0.39, 0.29) is 11.8 Å². The molecule has 1 heterocycles. The Morgan fingerprint density at radius 3 is 2.29 bits per heavy atom. The Balaban J connectivity index is 1.58. The van der Waals surface area contributed by atoms with Crippen LogP contribution in [0.3, 0.4) is 0 Å². The van der Waals surface area contributed by atoms with E-state index in [2.05, 4.69) is 28.6 Å². The van der Waals surface area contributed by atoms with Crippen LogP contribution < -0.4 is 10.6 Å². The van der Waals surface area contributed by atoms with Crippen molar-refractivity contribution in [1.29, 1.82) is 0 Å². The molecule has 0 bridgehead atoms. The van der Waals surface area contributed by atoms with Crippen molar-refractivity contribution in [1.82, 2.24) is 15.6 Å². The zero-order chi connectivity index (χ0) is 20.1. The number of hydrogen-bond donors (Lipinski definition) is 2. The summed E-state index contributed by atoms with van der Waals surface area (Å²) in [4.78, 5) is 29.7. The van der Waals surface area contributed by atoms with Crippen LogP contribution in [0.15, 0.2) is 48.5 Å². The Morgan fingerprint density at radius 2 is 1.61 bits per heavy atom. The van der Waals surface area contributed by atoms with E-state index in [0.717, 1.165) is 16.1 Å². The Morgan fingerprint density at radius 1 is 0.929 bits per heavy atom. The second-order valence-corrected chi connectivity index (χ2v) is 7.63. The number of aromatic nitrogens is 1. The molecule has 0 saturated heterocycles. The minimum absolute atomic E-state index is 0.152. The van der Waals surface area contributed by atoms with Gasteiger partial charge in [0.2, 0.25) is 0 Å². The Bertz CT molecular complexity index is 996. The van der Waals surface area contributed by atoms with Crippen LogP contribution in [0, 0.1) is 20.8 Å². The molecule has 0 spiro atoms. The molecule has 3 rings (SSSR count). The molecule has 144 valence electrons. The van der Waals surface area contributed by atoms with Crippen LogP contribution in [-0.2, 0) is 0 Å². The monoisotopic (exact) mass is 393 g/mol. The number of thiazole rings is 1. The number of nitrogens with one attached hydrogen (secondary N) is 2. The van der Waals surface area contributed by atoms with Gasteiger partial charge in [-0.1, -0.05) is 42.0 Å². The molecule has 6 heteroatoms. The van der Waals surface area contributed by atoms with Gasteiger partial charge in [-0.05, 0) is 38.5 Å².